The van der Waals surface area contributed by atoms with Crippen LogP contribution in [0, 0.1) is 0 Å². The fourth-order valence-electron chi connectivity index (χ4n) is 5.90. The molecule has 4 rings (SSSR count). The number of ether oxygens (including phenoxy) is 5. The molecule has 0 saturated carbocycles. The van der Waals surface area contributed by atoms with Crippen molar-refractivity contribution in [3.8, 4) is 11.5 Å². The van der Waals surface area contributed by atoms with Crippen LogP contribution >= 0.6 is 0 Å². The van der Waals surface area contributed by atoms with E-state index in [1.807, 2.05) is 93.6 Å². The molecule has 1 heterocycles. The number of amides is 3. The number of piperidine rings is 1. The van der Waals surface area contributed by atoms with Crippen molar-refractivity contribution >= 4 is 17.9 Å². The predicted octanol–water partition coefficient (Wildman–Crippen LogP) is 5.79. The Kier molecular flexibility index (Phi) is 15.1. The molecule has 0 spiro atoms. The lowest BCUT2D eigenvalue weighted by atomic mass is 9.87. The highest BCUT2D eigenvalue weighted by Crippen LogP contribution is 2.32. The number of likely N-dealkylation sites (tertiary alicyclic amines) is 1. The van der Waals surface area contributed by atoms with Crippen LogP contribution in [0.15, 0.2) is 72.8 Å². The summed E-state index contributed by atoms with van der Waals surface area (Å²) in [4.78, 5) is 38.9. The van der Waals surface area contributed by atoms with Crippen molar-refractivity contribution in [1.29, 1.82) is 0 Å². The first-order chi connectivity index (χ1) is 24.5. The van der Waals surface area contributed by atoms with Crippen LogP contribution in [0.5, 0.6) is 11.5 Å². The monoisotopic (exact) mass is 703 g/mol. The zero-order chi connectivity index (χ0) is 36.6. The molecule has 2 unspecified atom stereocenters. The number of carbonyl (C=O) groups excluding carboxylic acids is 3. The van der Waals surface area contributed by atoms with Gasteiger partial charge in [-0.2, -0.15) is 0 Å². The molecule has 0 aliphatic carbocycles. The number of carbonyl (C=O) groups is 3. The fraction of sp³-hybridized carbons (Fsp3) is 0.475. The maximum Gasteiger partial charge on any atom is 0.410 e. The Hall–Kier alpha value is -4.61. The Morgan fingerprint density at radius 2 is 1.59 bits per heavy atom. The number of hydrogen-bond acceptors (Lipinski definition) is 8. The minimum absolute atomic E-state index is 0.0385. The van der Waals surface area contributed by atoms with E-state index in [9.17, 15) is 14.4 Å². The van der Waals surface area contributed by atoms with Crippen molar-refractivity contribution in [1.82, 2.24) is 15.5 Å². The van der Waals surface area contributed by atoms with Gasteiger partial charge in [0.1, 0.15) is 23.7 Å². The van der Waals surface area contributed by atoms with E-state index in [1.165, 1.54) is 6.92 Å². The van der Waals surface area contributed by atoms with Crippen molar-refractivity contribution in [3.05, 3.63) is 95.1 Å². The average molecular weight is 704 g/mol. The Bertz CT molecular complexity index is 1560. The summed E-state index contributed by atoms with van der Waals surface area (Å²) in [5.74, 6) is 1.20. The molecule has 276 valence electrons. The summed E-state index contributed by atoms with van der Waals surface area (Å²) in [5.41, 5.74) is 3.46. The molecule has 0 bridgehead atoms. The molecule has 11 heteroatoms. The van der Waals surface area contributed by atoms with Crippen LogP contribution in [0.1, 0.15) is 68.7 Å². The van der Waals surface area contributed by atoms with E-state index in [-0.39, 0.29) is 24.3 Å². The van der Waals surface area contributed by atoms with Crippen LogP contribution in [-0.4, -0.2) is 81.1 Å². The lowest BCUT2D eigenvalue weighted by molar-refractivity contribution is -0.129. The first-order valence-electron chi connectivity index (χ1n) is 17.6. The van der Waals surface area contributed by atoms with Gasteiger partial charge in [-0.1, -0.05) is 54.6 Å². The van der Waals surface area contributed by atoms with Crippen LogP contribution in [0.2, 0.25) is 0 Å². The molecule has 2 N–H and O–H groups in total. The largest absolute Gasteiger partial charge is 0.496 e. The summed E-state index contributed by atoms with van der Waals surface area (Å²) in [7, 11) is 1.65. The number of nitrogens with zero attached hydrogens (tertiary/aromatic N) is 1. The Morgan fingerprint density at radius 1 is 0.882 bits per heavy atom. The van der Waals surface area contributed by atoms with Gasteiger partial charge in [-0.05, 0) is 68.5 Å². The molecule has 1 aliphatic heterocycles. The molecule has 1 fully saturated rings. The van der Waals surface area contributed by atoms with Crippen molar-refractivity contribution in [2.75, 3.05) is 46.6 Å². The summed E-state index contributed by atoms with van der Waals surface area (Å²) in [6, 6.07) is 23.6. The van der Waals surface area contributed by atoms with E-state index >= 15 is 0 Å². The van der Waals surface area contributed by atoms with Gasteiger partial charge in [0, 0.05) is 44.5 Å². The van der Waals surface area contributed by atoms with E-state index < -0.39 is 17.8 Å². The smallest absolute Gasteiger partial charge is 0.410 e. The molecule has 0 radical (unpaired) electrons. The van der Waals surface area contributed by atoms with E-state index in [1.54, 1.807) is 12.0 Å². The molecule has 51 heavy (non-hydrogen) atoms. The van der Waals surface area contributed by atoms with E-state index in [0.29, 0.717) is 58.8 Å². The molecule has 11 nitrogen and oxygen atoms in total. The van der Waals surface area contributed by atoms with Crippen molar-refractivity contribution in [2.24, 2.45) is 0 Å². The second-order valence-corrected chi connectivity index (χ2v) is 13.6. The van der Waals surface area contributed by atoms with Crippen molar-refractivity contribution in [3.63, 3.8) is 0 Å². The molecular formula is C40H53N3O8. The highest BCUT2D eigenvalue weighted by atomic mass is 16.6. The summed E-state index contributed by atoms with van der Waals surface area (Å²) in [5, 5.41) is 5.78. The quantitative estimate of drug-likeness (QED) is 0.170. The summed E-state index contributed by atoms with van der Waals surface area (Å²) in [6.07, 6.45) is 1.23. The number of benzene rings is 3. The minimum atomic E-state index is -0.625. The summed E-state index contributed by atoms with van der Waals surface area (Å²) in [6.45, 7) is 10.1. The van der Waals surface area contributed by atoms with E-state index in [2.05, 4.69) is 10.6 Å². The predicted molar refractivity (Wildman–Crippen MR) is 195 cm³/mol. The van der Waals surface area contributed by atoms with Crippen LogP contribution in [0.25, 0.3) is 0 Å². The van der Waals surface area contributed by atoms with Crippen LogP contribution < -0.4 is 20.1 Å². The molecule has 3 amide bonds. The zero-order valence-corrected chi connectivity index (χ0v) is 30.6. The van der Waals surface area contributed by atoms with Crippen molar-refractivity contribution in [2.45, 2.75) is 77.7 Å². The highest BCUT2D eigenvalue weighted by Gasteiger charge is 2.35. The average Bonchev–Trinajstić information content (AvgIpc) is 3.11. The standard InChI is InChI=1S/C40H53N3O8/c1-29(44)41-21-19-30-11-6-7-12-32(30)25-42-38(45)28-50-37-26-43(39(46)51-40(2,3)4)22-20-35(37)31-15-17-34(18-16-31)49-24-10-23-48-27-33-13-8-9-14-36(33)47-5/h6-9,11-18,35,37H,10,19-28H2,1-5H3,(H,41,44)(H,42,45). The van der Waals surface area contributed by atoms with Crippen LogP contribution in [0.3, 0.4) is 0 Å². The number of nitrogens with one attached hydrogen (secondary N) is 2. The van der Waals surface area contributed by atoms with Crippen LogP contribution in [0.4, 0.5) is 4.79 Å². The van der Waals surface area contributed by atoms with Gasteiger partial charge in [0.15, 0.2) is 0 Å². The highest BCUT2D eigenvalue weighted by molar-refractivity contribution is 5.77. The molecule has 3 aromatic carbocycles. The third kappa shape index (κ3) is 13.2. The Balaban J connectivity index is 1.30. The second-order valence-electron chi connectivity index (χ2n) is 13.6. The van der Waals surface area contributed by atoms with Crippen LogP contribution in [-0.2, 0) is 43.4 Å². The maximum atomic E-state index is 13.0. The normalized spacial score (nSPS) is 15.9. The van der Waals surface area contributed by atoms with Gasteiger partial charge in [-0.15, -0.1) is 0 Å². The first-order valence-corrected chi connectivity index (χ1v) is 17.6. The van der Waals surface area contributed by atoms with Gasteiger partial charge in [0.05, 0.1) is 39.6 Å². The molecule has 2 atom stereocenters. The lowest BCUT2D eigenvalue weighted by Gasteiger charge is -2.39. The van der Waals surface area contributed by atoms with Gasteiger partial charge in [-0.25, -0.2) is 4.79 Å². The van der Waals surface area contributed by atoms with Crippen molar-refractivity contribution < 1.29 is 38.1 Å². The lowest BCUT2D eigenvalue weighted by Crippen LogP contribution is -2.49. The molecule has 1 aliphatic rings. The van der Waals surface area contributed by atoms with Gasteiger partial charge >= 0.3 is 6.09 Å². The first kappa shape index (κ1) is 39.2. The SMILES string of the molecule is COc1ccccc1COCCCOc1ccc(C2CCN(C(=O)OC(C)(C)C)CC2OCC(=O)NCc2ccccc2CCNC(C)=O)cc1. The maximum absolute atomic E-state index is 13.0. The van der Waals surface area contributed by atoms with Gasteiger partial charge in [-0.3, -0.25) is 9.59 Å². The third-order valence-electron chi connectivity index (χ3n) is 8.46. The van der Waals surface area contributed by atoms with E-state index in [0.717, 1.165) is 40.2 Å². The Morgan fingerprint density at radius 3 is 2.29 bits per heavy atom. The number of rotatable bonds is 17. The molecular weight excluding hydrogens is 650 g/mol. The minimum Gasteiger partial charge on any atom is -0.496 e. The number of hydrogen-bond donors (Lipinski definition) is 2. The second kappa shape index (κ2) is 19.7. The Labute approximate surface area is 301 Å². The van der Waals surface area contributed by atoms with E-state index in [4.69, 9.17) is 23.7 Å². The fourth-order valence-corrected chi connectivity index (χ4v) is 5.90. The van der Waals surface area contributed by atoms with Gasteiger partial charge in [0.25, 0.3) is 0 Å². The molecule has 0 aromatic heterocycles. The topological polar surface area (TPSA) is 125 Å². The van der Waals surface area contributed by atoms with Gasteiger partial charge < -0.3 is 39.2 Å². The zero-order valence-electron chi connectivity index (χ0n) is 30.6. The summed E-state index contributed by atoms with van der Waals surface area (Å²) >= 11 is 0. The molecule has 3 aromatic rings. The molecule has 1 saturated heterocycles. The number of methoxy groups -OCH3 is 1. The number of para-hydroxylation sites is 1. The third-order valence-corrected chi connectivity index (χ3v) is 8.46. The summed E-state index contributed by atoms with van der Waals surface area (Å²) < 4.78 is 29.1. The van der Waals surface area contributed by atoms with Gasteiger partial charge in [0.2, 0.25) is 11.8 Å².